The first kappa shape index (κ1) is 24.6. The van der Waals surface area contributed by atoms with E-state index in [9.17, 15) is 4.79 Å². The van der Waals surface area contributed by atoms with Crippen molar-refractivity contribution in [2.45, 2.75) is 43.5 Å². The minimum Gasteiger partial charge on any atom is -0.342 e. The molecule has 0 aliphatic carbocycles. The van der Waals surface area contributed by atoms with Gasteiger partial charge >= 0.3 is 0 Å². The van der Waals surface area contributed by atoms with E-state index in [1.54, 1.807) is 11.8 Å². The summed E-state index contributed by atoms with van der Waals surface area (Å²) < 4.78 is 0. The van der Waals surface area contributed by atoms with E-state index >= 15 is 0 Å². The molecule has 0 aromatic heterocycles. The molecule has 0 saturated carbocycles. The van der Waals surface area contributed by atoms with Crippen molar-refractivity contribution in [2.24, 2.45) is 5.92 Å². The molecule has 0 bridgehead atoms. The maximum Gasteiger partial charge on any atom is 0.234 e. The lowest BCUT2D eigenvalue weighted by Gasteiger charge is -2.17. The number of rotatable bonds is 11. The molecule has 0 aliphatic heterocycles. The normalized spacial score (nSPS) is 11.7. The number of thioether (sulfide) groups is 1. The molecule has 3 aromatic rings. The summed E-state index contributed by atoms with van der Waals surface area (Å²) in [6.07, 6.45) is 0.767. The molecule has 1 atom stereocenters. The van der Waals surface area contributed by atoms with Gasteiger partial charge in [-0.3, -0.25) is 4.79 Å². The molecule has 2 N–H and O–H groups in total. The topological polar surface area (TPSA) is 64.9 Å². The average molecular weight is 458 g/mol. The summed E-state index contributed by atoms with van der Waals surface area (Å²) in [5.74, 6) is 0.325. The van der Waals surface area contributed by atoms with E-state index in [-0.39, 0.29) is 17.7 Å². The highest BCUT2D eigenvalue weighted by atomic mass is 32.2. The van der Waals surface area contributed by atoms with Crippen molar-refractivity contribution in [1.29, 1.82) is 5.26 Å². The first-order chi connectivity index (χ1) is 16.0. The van der Waals surface area contributed by atoms with Crippen molar-refractivity contribution in [3.8, 4) is 17.2 Å². The summed E-state index contributed by atoms with van der Waals surface area (Å²) in [5, 5.41) is 14.7. The molecule has 3 rings (SSSR count). The first-order valence-corrected chi connectivity index (χ1v) is 12.2. The van der Waals surface area contributed by atoms with Crippen LogP contribution in [-0.2, 0) is 17.9 Å². The van der Waals surface area contributed by atoms with Crippen molar-refractivity contribution in [1.82, 2.24) is 10.6 Å². The number of amides is 1. The lowest BCUT2D eigenvalue weighted by Crippen LogP contribution is -2.33. The SMILES string of the molecule is CC(C)C[C@@H](Sc1ccc(-c2ccc(CNCc3ccccc3)cc2)cc1)C(=O)NCC#N. The Morgan fingerprint density at radius 2 is 1.45 bits per heavy atom. The molecule has 1 amide bonds. The van der Waals surface area contributed by atoms with Crippen molar-refractivity contribution < 1.29 is 4.79 Å². The van der Waals surface area contributed by atoms with Crippen LogP contribution >= 0.6 is 11.8 Å². The summed E-state index contributed by atoms with van der Waals surface area (Å²) in [7, 11) is 0. The zero-order valence-corrected chi connectivity index (χ0v) is 20.1. The molecule has 0 heterocycles. The van der Waals surface area contributed by atoms with Gasteiger partial charge in [0, 0.05) is 18.0 Å². The van der Waals surface area contributed by atoms with Gasteiger partial charge in [0.15, 0.2) is 0 Å². The number of carbonyl (C=O) groups is 1. The quantitative estimate of drug-likeness (QED) is 0.283. The van der Waals surface area contributed by atoms with Crippen LogP contribution in [0.25, 0.3) is 11.1 Å². The molecule has 0 spiro atoms. The Labute approximate surface area is 201 Å². The standard InChI is InChI=1S/C28H31N3OS/c1-21(2)18-27(28(32)31-17-16-29)33-26-14-12-25(13-15-26)24-10-8-23(9-11-24)20-30-19-22-6-4-3-5-7-22/h3-15,21,27,30H,17-20H2,1-2H3,(H,31,32)/t27-/m1/s1. The van der Waals surface area contributed by atoms with Crippen LogP contribution in [-0.4, -0.2) is 17.7 Å². The van der Waals surface area contributed by atoms with Crippen molar-refractivity contribution >= 4 is 17.7 Å². The summed E-state index contributed by atoms with van der Waals surface area (Å²) >= 11 is 1.56. The van der Waals surface area contributed by atoms with Gasteiger partial charge in [-0.2, -0.15) is 5.26 Å². The monoisotopic (exact) mass is 457 g/mol. The van der Waals surface area contributed by atoms with E-state index in [0.29, 0.717) is 5.92 Å². The maximum absolute atomic E-state index is 12.4. The van der Waals surface area contributed by atoms with Gasteiger partial charge in [0.2, 0.25) is 5.91 Å². The second kappa shape index (κ2) is 12.8. The smallest absolute Gasteiger partial charge is 0.234 e. The highest BCUT2D eigenvalue weighted by molar-refractivity contribution is 8.00. The number of hydrogen-bond donors (Lipinski definition) is 2. The summed E-state index contributed by atoms with van der Waals surface area (Å²) in [5.41, 5.74) is 4.85. The van der Waals surface area contributed by atoms with Crippen LogP contribution in [0.15, 0.2) is 83.8 Å². The molecular weight excluding hydrogens is 426 g/mol. The third-order valence-corrected chi connectivity index (χ3v) is 6.48. The summed E-state index contributed by atoms with van der Waals surface area (Å²) in [6, 6.07) is 29.3. The van der Waals surface area contributed by atoms with Crippen LogP contribution in [0.5, 0.6) is 0 Å². The zero-order valence-electron chi connectivity index (χ0n) is 19.3. The molecule has 3 aromatic carbocycles. The predicted molar refractivity (Wildman–Crippen MR) is 137 cm³/mol. The molecule has 0 saturated heterocycles. The molecule has 170 valence electrons. The van der Waals surface area contributed by atoms with Crippen molar-refractivity contribution in [2.75, 3.05) is 6.54 Å². The van der Waals surface area contributed by atoms with Crippen LogP contribution in [0.4, 0.5) is 0 Å². The van der Waals surface area contributed by atoms with E-state index in [4.69, 9.17) is 5.26 Å². The van der Waals surface area contributed by atoms with E-state index in [0.717, 1.165) is 30.0 Å². The Bertz CT molecular complexity index is 1040. The molecular formula is C28H31N3OS. The van der Waals surface area contributed by atoms with Gasteiger partial charge in [-0.25, -0.2) is 0 Å². The number of carbonyl (C=O) groups excluding carboxylic acids is 1. The van der Waals surface area contributed by atoms with Crippen LogP contribution in [0.2, 0.25) is 0 Å². The van der Waals surface area contributed by atoms with Gasteiger partial charge in [-0.15, -0.1) is 11.8 Å². The number of nitrogens with zero attached hydrogens (tertiary/aromatic N) is 1. The number of nitrogens with one attached hydrogen (secondary N) is 2. The fourth-order valence-electron chi connectivity index (χ4n) is 3.53. The second-order valence-corrected chi connectivity index (χ2v) is 9.70. The fourth-order valence-corrected chi connectivity index (χ4v) is 4.82. The van der Waals surface area contributed by atoms with E-state index < -0.39 is 0 Å². The number of nitriles is 1. The molecule has 4 nitrogen and oxygen atoms in total. The lowest BCUT2D eigenvalue weighted by atomic mass is 10.0. The molecule has 0 radical (unpaired) electrons. The molecule has 0 unspecified atom stereocenters. The molecule has 0 aliphatic rings. The maximum atomic E-state index is 12.4. The van der Waals surface area contributed by atoms with Gasteiger partial charge < -0.3 is 10.6 Å². The molecule has 5 heteroatoms. The van der Waals surface area contributed by atoms with Gasteiger partial charge in [0.1, 0.15) is 6.54 Å². The highest BCUT2D eigenvalue weighted by Gasteiger charge is 2.20. The lowest BCUT2D eigenvalue weighted by molar-refractivity contribution is -0.120. The summed E-state index contributed by atoms with van der Waals surface area (Å²) in [6.45, 7) is 5.94. The largest absolute Gasteiger partial charge is 0.342 e. The predicted octanol–water partition coefficient (Wildman–Crippen LogP) is 5.79. The Morgan fingerprint density at radius 1 is 0.879 bits per heavy atom. The first-order valence-electron chi connectivity index (χ1n) is 11.3. The Morgan fingerprint density at radius 3 is 2.03 bits per heavy atom. The van der Waals surface area contributed by atoms with E-state index in [1.807, 2.05) is 12.1 Å². The van der Waals surface area contributed by atoms with Crippen LogP contribution in [0.3, 0.4) is 0 Å². The highest BCUT2D eigenvalue weighted by Crippen LogP contribution is 2.30. The minimum absolute atomic E-state index is 0.0463. The van der Waals surface area contributed by atoms with Crippen molar-refractivity contribution in [3.63, 3.8) is 0 Å². The third kappa shape index (κ3) is 8.09. The zero-order chi connectivity index (χ0) is 23.5. The average Bonchev–Trinajstić information content (AvgIpc) is 2.83. The molecule has 0 fully saturated rings. The van der Waals surface area contributed by atoms with Gasteiger partial charge in [0.25, 0.3) is 0 Å². The van der Waals surface area contributed by atoms with E-state index in [1.165, 1.54) is 16.7 Å². The fraction of sp³-hybridized carbons (Fsp3) is 0.286. The third-order valence-electron chi connectivity index (χ3n) is 5.24. The van der Waals surface area contributed by atoms with E-state index in [2.05, 4.69) is 97.3 Å². The molecule has 33 heavy (non-hydrogen) atoms. The Balaban J connectivity index is 1.57. The Kier molecular flexibility index (Phi) is 9.56. The number of hydrogen-bond acceptors (Lipinski definition) is 4. The van der Waals surface area contributed by atoms with Gasteiger partial charge in [-0.05, 0) is 46.7 Å². The van der Waals surface area contributed by atoms with Gasteiger partial charge in [0.05, 0.1) is 11.3 Å². The van der Waals surface area contributed by atoms with Crippen LogP contribution in [0, 0.1) is 17.2 Å². The Hall–Kier alpha value is -3.07. The van der Waals surface area contributed by atoms with Crippen molar-refractivity contribution in [3.05, 3.63) is 90.0 Å². The van der Waals surface area contributed by atoms with Crippen LogP contribution < -0.4 is 10.6 Å². The number of benzene rings is 3. The minimum atomic E-state index is -0.202. The summed E-state index contributed by atoms with van der Waals surface area (Å²) in [4.78, 5) is 13.5. The second-order valence-electron chi connectivity index (χ2n) is 8.42. The van der Waals surface area contributed by atoms with Gasteiger partial charge in [-0.1, -0.05) is 80.6 Å². The van der Waals surface area contributed by atoms with Crippen LogP contribution in [0.1, 0.15) is 31.4 Å².